The van der Waals surface area contributed by atoms with Gasteiger partial charge in [-0.15, -0.1) is 0 Å². The number of urea groups is 1. The smallest absolute Gasteiger partial charge is 0.341 e. The fourth-order valence-electron chi connectivity index (χ4n) is 3.73. The van der Waals surface area contributed by atoms with Crippen LogP contribution < -0.4 is 10.1 Å². The molecule has 0 saturated carbocycles. The van der Waals surface area contributed by atoms with Crippen LogP contribution >= 0.6 is 0 Å². The van der Waals surface area contributed by atoms with Crippen molar-refractivity contribution in [2.24, 2.45) is 10.9 Å². The predicted octanol–water partition coefficient (Wildman–Crippen LogP) is 3.56. The lowest BCUT2D eigenvalue weighted by Gasteiger charge is -2.31. The molecule has 1 aliphatic heterocycles. The first-order valence-electron chi connectivity index (χ1n) is 10.7. The number of amides is 2. The molecule has 176 valence electrons. The van der Waals surface area contributed by atoms with Crippen molar-refractivity contribution < 1.29 is 27.5 Å². The van der Waals surface area contributed by atoms with E-state index < -0.39 is 39.6 Å². The molecule has 8 nitrogen and oxygen atoms in total. The van der Waals surface area contributed by atoms with Gasteiger partial charge in [-0.3, -0.25) is 4.79 Å². The molecule has 2 aromatic carbocycles. The van der Waals surface area contributed by atoms with Crippen LogP contribution in [0.15, 0.2) is 52.4 Å². The number of benzene rings is 2. The Kier molecular flexibility index (Phi) is 7.53. The first-order chi connectivity index (χ1) is 15.7. The fraction of sp³-hybridized carbons (Fsp3) is 0.375. The predicted molar refractivity (Wildman–Crippen MR) is 124 cm³/mol. The van der Waals surface area contributed by atoms with E-state index in [4.69, 9.17) is 9.47 Å². The van der Waals surface area contributed by atoms with Crippen molar-refractivity contribution in [3.05, 3.63) is 59.2 Å². The number of nitrogens with zero attached hydrogens (tertiary/aromatic N) is 1. The van der Waals surface area contributed by atoms with E-state index in [0.29, 0.717) is 17.9 Å². The number of esters is 1. The molecular weight excluding hydrogens is 444 g/mol. The molecule has 3 rings (SSSR count). The molecule has 1 N–H and O–H groups in total. The van der Waals surface area contributed by atoms with Crippen molar-refractivity contribution >= 4 is 27.5 Å². The highest BCUT2D eigenvalue weighted by Gasteiger charge is 2.42. The highest BCUT2D eigenvalue weighted by molar-refractivity contribution is 7.92. The maximum Gasteiger partial charge on any atom is 0.341 e. The lowest BCUT2D eigenvalue weighted by Crippen LogP contribution is -2.47. The van der Waals surface area contributed by atoms with E-state index in [1.54, 1.807) is 43.3 Å². The molecule has 2 amide bonds. The van der Waals surface area contributed by atoms with Crippen molar-refractivity contribution in [3.8, 4) is 5.75 Å². The zero-order chi connectivity index (χ0) is 24.2. The fourth-order valence-corrected chi connectivity index (χ4v) is 5.17. The van der Waals surface area contributed by atoms with E-state index in [9.17, 15) is 18.0 Å². The second-order valence-electron chi connectivity index (χ2n) is 7.74. The van der Waals surface area contributed by atoms with Crippen LogP contribution in [0.4, 0.5) is 4.79 Å². The van der Waals surface area contributed by atoms with Gasteiger partial charge in [-0.25, -0.2) is 18.2 Å². The lowest BCUT2D eigenvalue weighted by atomic mass is 9.87. The molecule has 0 fully saturated rings. The maximum absolute atomic E-state index is 13.2. The number of aliphatic imine (C=N–C) groups is 1. The summed E-state index contributed by atoms with van der Waals surface area (Å²) < 4.78 is 37.4. The number of para-hydroxylation sites is 1. The van der Waals surface area contributed by atoms with Crippen LogP contribution in [-0.2, 0) is 19.4 Å². The first kappa shape index (κ1) is 24.4. The van der Waals surface area contributed by atoms with E-state index in [0.717, 1.165) is 11.1 Å². The summed E-state index contributed by atoms with van der Waals surface area (Å²) in [5.41, 5.74) is 2.26. The molecule has 0 aliphatic carbocycles. The quantitative estimate of drug-likeness (QED) is 0.588. The molecule has 0 radical (unpaired) electrons. The largest absolute Gasteiger partial charge is 0.494 e. The normalized spacial score (nSPS) is 18.3. The van der Waals surface area contributed by atoms with E-state index in [2.05, 4.69) is 10.3 Å². The minimum absolute atomic E-state index is 0.0632. The van der Waals surface area contributed by atoms with Gasteiger partial charge in [0.15, 0.2) is 9.84 Å². The molecule has 2 atom stereocenters. The second kappa shape index (κ2) is 10.2. The minimum atomic E-state index is -3.88. The Balaban J connectivity index is 2.06. The highest BCUT2D eigenvalue weighted by Crippen LogP contribution is 2.34. The van der Waals surface area contributed by atoms with Crippen LogP contribution in [0.3, 0.4) is 0 Å². The van der Waals surface area contributed by atoms with Gasteiger partial charge in [0.1, 0.15) is 11.7 Å². The van der Waals surface area contributed by atoms with E-state index >= 15 is 0 Å². The number of carbonyl (C=O) groups is 2. The van der Waals surface area contributed by atoms with Crippen LogP contribution in [0.1, 0.15) is 36.6 Å². The first-order valence-corrected chi connectivity index (χ1v) is 12.4. The minimum Gasteiger partial charge on any atom is -0.494 e. The summed E-state index contributed by atoms with van der Waals surface area (Å²) in [5.74, 6) is -1.88. The van der Waals surface area contributed by atoms with Gasteiger partial charge in [0.2, 0.25) is 0 Å². The highest BCUT2D eigenvalue weighted by atomic mass is 32.2. The SMILES string of the molecule is CCOC(=O)C1C(CS(=O)(=O)c2ccc(C)c(C)c2)=NC(=O)NC1c1ccccc1OCC. The summed E-state index contributed by atoms with van der Waals surface area (Å²) in [6.45, 7) is 7.66. The Morgan fingerprint density at radius 2 is 1.79 bits per heavy atom. The van der Waals surface area contributed by atoms with Crippen LogP contribution in [0.25, 0.3) is 0 Å². The van der Waals surface area contributed by atoms with Gasteiger partial charge in [0.05, 0.1) is 35.6 Å². The third kappa shape index (κ3) is 5.42. The molecule has 9 heteroatoms. The molecule has 0 aromatic heterocycles. The van der Waals surface area contributed by atoms with Gasteiger partial charge in [-0.2, -0.15) is 0 Å². The average molecular weight is 473 g/mol. The standard InChI is InChI=1S/C24H28N2O6S/c1-5-31-20-10-8-7-9-18(20)22-21(23(27)32-6-2)19(25-24(28)26-22)14-33(29,30)17-12-11-15(3)16(4)13-17/h7-13,21-22H,5-6,14H2,1-4H3,(H,26,28). The van der Waals surface area contributed by atoms with Crippen LogP contribution in [0, 0.1) is 19.8 Å². The Hall–Kier alpha value is -3.20. The van der Waals surface area contributed by atoms with Gasteiger partial charge in [0.25, 0.3) is 0 Å². The molecule has 0 saturated heterocycles. The number of hydrogen-bond acceptors (Lipinski definition) is 6. The summed E-state index contributed by atoms with van der Waals surface area (Å²) in [5, 5.41) is 2.69. The third-order valence-electron chi connectivity index (χ3n) is 5.49. The van der Waals surface area contributed by atoms with Gasteiger partial charge in [-0.1, -0.05) is 24.3 Å². The summed E-state index contributed by atoms with van der Waals surface area (Å²) >= 11 is 0. The molecule has 2 aromatic rings. The molecule has 33 heavy (non-hydrogen) atoms. The van der Waals surface area contributed by atoms with Crippen LogP contribution in [-0.4, -0.2) is 45.1 Å². The Morgan fingerprint density at radius 1 is 1.06 bits per heavy atom. The summed E-state index contributed by atoms with van der Waals surface area (Å²) in [7, 11) is -3.88. The number of nitrogens with one attached hydrogen (secondary N) is 1. The number of sulfone groups is 1. The zero-order valence-corrected chi connectivity index (χ0v) is 19.9. The molecule has 0 bridgehead atoms. The topological polar surface area (TPSA) is 111 Å². The van der Waals surface area contributed by atoms with Gasteiger partial charge in [-0.05, 0) is 57.0 Å². The Morgan fingerprint density at radius 3 is 2.45 bits per heavy atom. The molecular formula is C24H28N2O6S. The third-order valence-corrected chi connectivity index (χ3v) is 7.13. The van der Waals surface area contributed by atoms with Crippen molar-refractivity contribution in [2.75, 3.05) is 19.0 Å². The number of carbonyl (C=O) groups excluding carboxylic acids is 2. The van der Waals surface area contributed by atoms with Gasteiger partial charge < -0.3 is 14.8 Å². The maximum atomic E-state index is 13.2. The van der Waals surface area contributed by atoms with Crippen molar-refractivity contribution in [2.45, 2.75) is 38.6 Å². The monoisotopic (exact) mass is 472 g/mol. The zero-order valence-electron chi connectivity index (χ0n) is 19.1. The number of hydrogen-bond donors (Lipinski definition) is 1. The van der Waals surface area contributed by atoms with E-state index in [-0.39, 0.29) is 17.2 Å². The number of aryl methyl sites for hydroxylation is 2. The van der Waals surface area contributed by atoms with E-state index in [1.807, 2.05) is 20.8 Å². The van der Waals surface area contributed by atoms with Gasteiger partial charge >= 0.3 is 12.0 Å². The van der Waals surface area contributed by atoms with Crippen LogP contribution in [0.5, 0.6) is 5.75 Å². The lowest BCUT2D eigenvalue weighted by molar-refractivity contribution is -0.146. The Labute approximate surface area is 193 Å². The van der Waals surface area contributed by atoms with E-state index in [1.165, 1.54) is 6.07 Å². The summed E-state index contributed by atoms with van der Waals surface area (Å²) in [6, 6.07) is 10.2. The van der Waals surface area contributed by atoms with Crippen molar-refractivity contribution in [1.29, 1.82) is 0 Å². The Bertz CT molecular complexity index is 1190. The number of ether oxygens (including phenoxy) is 2. The molecule has 1 heterocycles. The molecule has 2 unspecified atom stereocenters. The molecule has 0 spiro atoms. The average Bonchev–Trinajstić information content (AvgIpc) is 2.75. The van der Waals surface area contributed by atoms with Crippen LogP contribution in [0.2, 0.25) is 0 Å². The van der Waals surface area contributed by atoms with Gasteiger partial charge in [0, 0.05) is 5.56 Å². The second-order valence-corrected chi connectivity index (χ2v) is 9.73. The molecule has 1 aliphatic rings. The van der Waals surface area contributed by atoms with Crippen molar-refractivity contribution in [3.63, 3.8) is 0 Å². The summed E-state index contributed by atoms with van der Waals surface area (Å²) in [6.07, 6.45) is 0. The van der Waals surface area contributed by atoms with Crippen molar-refractivity contribution in [1.82, 2.24) is 5.32 Å². The summed E-state index contributed by atoms with van der Waals surface area (Å²) in [4.78, 5) is 29.5. The number of rotatable bonds is 8.